The minimum Gasteiger partial charge on any atom is -0.391 e. The lowest BCUT2D eigenvalue weighted by Gasteiger charge is -2.38. The number of aliphatic hydroxyl groups excluding tert-OH is 1. The van der Waals surface area contributed by atoms with E-state index in [2.05, 4.69) is 26.6 Å². The molecule has 0 radical (unpaired) electrons. The van der Waals surface area contributed by atoms with Crippen molar-refractivity contribution in [1.29, 1.82) is 0 Å². The van der Waals surface area contributed by atoms with Crippen LogP contribution in [0.5, 0.6) is 0 Å². The van der Waals surface area contributed by atoms with Gasteiger partial charge in [0.15, 0.2) is 0 Å². The van der Waals surface area contributed by atoms with E-state index in [1.807, 2.05) is 48.5 Å². The number of nitrogens with one attached hydrogen (secondary N) is 5. The molecule has 3 aliphatic rings. The number of likely N-dealkylation sites (N-methyl/N-ethyl adjacent to an activating group) is 6. The van der Waals surface area contributed by atoms with Crippen molar-refractivity contribution in [2.45, 2.75) is 226 Å². The van der Waals surface area contributed by atoms with Gasteiger partial charge in [-0.1, -0.05) is 106 Å². The van der Waals surface area contributed by atoms with Gasteiger partial charge in [0.2, 0.25) is 70.9 Å². The van der Waals surface area contributed by atoms with E-state index >= 15 is 19.2 Å². The third-order valence-corrected chi connectivity index (χ3v) is 19.3. The van der Waals surface area contributed by atoms with E-state index in [4.69, 9.17) is 9.47 Å². The van der Waals surface area contributed by atoms with Crippen molar-refractivity contribution >= 4 is 70.9 Å². The molecular weight excluding hydrogens is 1290 g/mol. The summed E-state index contributed by atoms with van der Waals surface area (Å²) in [7, 11) is 8.44. The Bertz CT molecular complexity index is 2890. The number of nitrogens with zero attached hydrogens (tertiary/aromatic N) is 8. The molecule has 3 heterocycles. The number of hydrogen-bond donors (Lipinski definition) is 6. The topological polar surface area (TPSA) is 330 Å². The molecule has 0 unspecified atom stereocenters. The lowest BCUT2D eigenvalue weighted by atomic mass is 9.96. The number of amides is 12. The molecule has 1 aromatic rings. The summed E-state index contributed by atoms with van der Waals surface area (Å²) in [6.45, 7) is 21.9. The van der Waals surface area contributed by atoms with Gasteiger partial charge in [-0.15, -0.1) is 0 Å². The fourth-order valence-electron chi connectivity index (χ4n) is 12.8. The highest BCUT2D eigenvalue weighted by molar-refractivity contribution is 6.00. The highest BCUT2D eigenvalue weighted by atomic mass is 16.5. The van der Waals surface area contributed by atoms with E-state index in [9.17, 15) is 43.5 Å². The first-order chi connectivity index (χ1) is 47.1. The van der Waals surface area contributed by atoms with Gasteiger partial charge < -0.3 is 80.4 Å². The Hall–Kier alpha value is -7.30. The molecule has 0 aliphatic carbocycles. The molecule has 100 heavy (non-hydrogen) atoms. The summed E-state index contributed by atoms with van der Waals surface area (Å²) in [6, 6.07) is -4.83. The van der Waals surface area contributed by atoms with Crippen LogP contribution in [0.3, 0.4) is 0 Å². The van der Waals surface area contributed by atoms with Crippen molar-refractivity contribution in [2.24, 2.45) is 23.7 Å². The minimum atomic E-state index is -1.66. The van der Waals surface area contributed by atoms with Gasteiger partial charge in [-0.3, -0.25) is 57.5 Å². The van der Waals surface area contributed by atoms with Crippen molar-refractivity contribution < 1.29 is 72.1 Å². The number of morpholine rings is 1. The van der Waals surface area contributed by atoms with Gasteiger partial charge in [0, 0.05) is 74.9 Å². The molecule has 0 spiro atoms. The van der Waals surface area contributed by atoms with Crippen molar-refractivity contribution in [3.05, 3.63) is 35.9 Å². The number of carbonyl (C=O) groups excluding carboxylic acids is 12. The monoisotopic (exact) mass is 1410 g/mol. The fourth-order valence-corrected chi connectivity index (χ4v) is 12.8. The van der Waals surface area contributed by atoms with Gasteiger partial charge in [0.05, 0.1) is 51.5 Å². The molecule has 0 saturated carbocycles. The predicted molar refractivity (Wildman–Crippen MR) is 378 cm³/mol. The number of benzene rings is 1. The molecule has 12 amide bonds. The maximum atomic E-state index is 15.4. The van der Waals surface area contributed by atoms with Crippen LogP contribution >= 0.6 is 0 Å². The van der Waals surface area contributed by atoms with Crippen LogP contribution in [0.4, 0.5) is 0 Å². The Labute approximate surface area is 593 Å². The molecule has 6 N–H and O–H groups in total. The van der Waals surface area contributed by atoms with Crippen LogP contribution in [0, 0.1) is 23.7 Å². The van der Waals surface area contributed by atoms with E-state index in [-0.39, 0.29) is 75.7 Å². The molecule has 3 fully saturated rings. The lowest BCUT2D eigenvalue weighted by molar-refractivity contribution is -0.152. The van der Waals surface area contributed by atoms with Gasteiger partial charge in [0.1, 0.15) is 60.4 Å². The van der Waals surface area contributed by atoms with Crippen LogP contribution in [0.15, 0.2) is 30.3 Å². The van der Waals surface area contributed by atoms with Crippen molar-refractivity contribution in [2.75, 3.05) is 101 Å². The molecule has 3 saturated heterocycles. The number of likely N-dealkylation sites (tertiary alicyclic amines) is 1. The normalized spacial score (nSPS) is 26.8. The van der Waals surface area contributed by atoms with Crippen molar-refractivity contribution in [1.82, 2.24) is 65.8 Å². The molecular formula is C72H121N13O15. The molecule has 4 rings (SSSR count). The molecule has 28 heteroatoms. The first kappa shape index (κ1) is 85.1. The average molecular weight is 1410 g/mol. The van der Waals surface area contributed by atoms with Gasteiger partial charge in [-0.25, -0.2) is 0 Å². The molecule has 564 valence electrons. The molecule has 0 aromatic heterocycles. The Morgan fingerprint density at radius 2 is 1.11 bits per heavy atom. The van der Waals surface area contributed by atoms with Crippen LogP contribution in [-0.4, -0.2) is 289 Å². The highest BCUT2D eigenvalue weighted by Gasteiger charge is 2.44. The SMILES string of the molecule is CCCCN1CC(=O)N(C)[C@@H](CC(C)C)C(=O)N[C@H](C(=O)N2CCCCC2)CC(=O)N(C)[C@@H](C)C(=O)N[C@@H](COC[C@@H]2COCCN2)C(=O)N(C)[C@@H](CC(C)C)C(=O)N(C)[C@@H](CC)C(=O)N[C@@H](C(C)C)C(=O)N(C)[C@@H](Cc2ccccc2)C(=O)N(C)[C@@H](CC(C)C)C(=O)N[C@@H]([C@@H](C)O)C1=O. The maximum absolute atomic E-state index is 15.4. The zero-order valence-corrected chi connectivity index (χ0v) is 63.0. The number of hydrogen-bond acceptors (Lipinski definition) is 16. The van der Waals surface area contributed by atoms with E-state index in [0.717, 1.165) is 11.3 Å². The third-order valence-electron chi connectivity index (χ3n) is 19.3. The second-order valence-corrected chi connectivity index (χ2v) is 29.1. The second-order valence-electron chi connectivity index (χ2n) is 29.1. The first-order valence-corrected chi connectivity index (χ1v) is 36.1. The number of aliphatic hydroxyl groups is 1. The van der Waals surface area contributed by atoms with Gasteiger partial charge in [-0.2, -0.15) is 0 Å². The number of unbranched alkanes of at least 4 members (excludes halogenated alkanes) is 1. The number of piperidine rings is 1. The zero-order chi connectivity index (χ0) is 75.0. The van der Waals surface area contributed by atoms with E-state index in [0.29, 0.717) is 64.1 Å². The summed E-state index contributed by atoms with van der Waals surface area (Å²) in [5, 5.41) is 25.9. The summed E-state index contributed by atoms with van der Waals surface area (Å²) >= 11 is 0. The summed E-state index contributed by atoms with van der Waals surface area (Å²) in [6.07, 6.45) is 1.21. The number of rotatable bonds is 19. The minimum absolute atomic E-state index is 0.0108. The second kappa shape index (κ2) is 41.0. The smallest absolute Gasteiger partial charge is 0.248 e. The van der Waals surface area contributed by atoms with Crippen molar-refractivity contribution in [3.8, 4) is 0 Å². The average Bonchev–Trinajstić information content (AvgIpc) is 0.823. The number of carbonyl (C=O) groups is 12. The molecule has 28 nitrogen and oxygen atoms in total. The Morgan fingerprint density at radius 1 is 0.580 bits per heavy atom. The number of ether oxygens (including phenoxy) is 2. The van der Waals surface area contributed by atoms with Crippen LogP contribution in [0.1, 0.15) is 153 Å². The Balaban J connectivity index is 1.95. The maximum Gasteiger partial charge on any atom is 0.248 e. The van der Waals surface area contributed by atoms with E-state index < -0.39 is 156 Å². The van der Waals surface area contributed by atoms with Crippen LogP contribution < -0.4 is 26.6 Å². The predicted octanol–water partition coefficient (Wildman–Crippen LogP) is 1.79. The largest absolute Gasteiger partial charge is 0.391 e. The fraction of sp³-hybridized carbons (Fsp3) is 0.750. The van der Waals surface area contributed by atoms with Crippen LogP contribution in [0.2, 0.25) is 0 Å². The van der Waals surface area contributed by atoms with Crippen LogP contribution in [-0.2, 0) is 73.4 Å². The molecule has 12 atom stereocenters. The van der Waals surface area contributed by atoms with Gasteiger partial charge >= 0.3 is 0 Å². The molecule has 1 aromatic carbocycles. The van der Waals surface area contributed by atoms with Crippen molar-refractivity contribution in [3.63, 3.8) is 0 Å². The standard InChI is InChI=1S/C72H121N13O15/c1-19-21-31-85-40-60(88)79(14)55(35-44(3)4)65(91)74-52(68(94)84-32-26-23-27-33-84)39-59(87)78(13)48(11)63(89)75-53(43-100-42-51-41-99-34-30-73-51)67(93)82(17)57(37-46(7)8)69(95)80(15)54(20-2)64(90)76-61(47(9)10)71(97)83(18)58(38-50-28-24-22-25-29-50)70(96)81(16)56(36-45(5)6)66(92)77-62(49(12)86)72(85)98/h22,24-25,28-29,44-49,51-58,61-62,73,86H,19-21,23,26-27,30-43H2,1-18H3,(H,74,91)(H,75,89)(H,76,90)(H,77,92)/t48-,49+,51-,52-,53-,54-,55-,56-,57-,58-,61-,62-/m0/s1. The summed E-state index contributed by atoms with van der Waals surface area (Å²) in [5.74, 6) is -9.88. The quantitative estimate of drug-likeness (QED) is 0.115. The Kier molecular flexibility index (Phi) is 34.9. The molecule has 0 bridgehead atoms. The van der Waals surface area contributed by atoms with Crippen LogP contribution in [0.25, 0.3) is 0 Å². The summed E-state index contributed by atoms with van der Waals surface area (Å²) < 4.78 is 11.7. The van der Waals surface area contributed by atoms with E-state index in [1.54, 1.807) is 56.0 Å². The highest BCUT2D eigenvalue weighted by Crippen LogP contribution is 2.23. The zero-order valence-electron chi connectivity index (χ0n) is 63.0. The molecule has 3 aliphatic heterocycles. The summed E-state index contributed by atoms with van der Waals surface area (Å²) in [4.78, 5) is 189. The Morgan fingerprint density at radius 3 is 1.66 bits per heavy atom. The van der Waals surface area contributed by atoms with Gasteiger partial charge in [-0.05, 0) is 94.4 Å². The first-order valence-electron chi connectivity index (χ1n) is 36.1. The third kappa shape index (κ3) is 24.5. The van der Waals surface area contributed by atoms with E-state index in [1.165, 1.54) is 85.5 Å². The van der Waals surface area contributed by atoms with Gasteiger partial charge in [0.25, 0.3) is 0 Å². The lowest BCUT2D eigenvalue weighted by Crippen LogP contribution is -2.62. The summed E-state index contributed by atoms with van der Waals surface area (Å²) in [5.41, 5.74) is 0.658.